The lowest BCUT2D eigenvalue weighted by atomic mass is 10.1. The van der Waals surface area contributed by atoms with Crippen LogP contribution in [0.1, 0.15) is 11.1 Å². The minimum Gasteiger partial charge on any atom is -0.336 e. The number of likely N-dealkylation sites (N-methyl/N-ethyl adjacent to an activating group) is 1. The van der Waals surface area contributed by atoms with E-state index in [1.165, 1.54) is 27.8 Å². The van der Waals surface area contributed by atoms with Gasteiger partial charge >= 0.3 is 0 Å². The molecule has 0 heterocycles. The number of aryl methyl sites for hydroxylation is 2. The van der Waals surface area contributed by atoms with Crippen molar-refractivity contribution in [2.45, 2.75) is 18.7 Å². The van der Waals surface area contributed by atoms with Gasteiger partial charge in [0, 0.05) is 11.9 Å². The summed E-state index contributed by atoms with van der Waals surface area (Å²) in [7, 11) is 1.62. The van der Waals surface area contributed by atoms with Crippen LogP contribution in [0.25, 0.3) is 0 Å². The number of hydrogen-bond donors (Lipinski definition) is 1. The lowest BCUT2D eigenvalue weighted by Crippen LogP contribution is -2.36. The number of benzene rings is 2. The molecule has 2 aromatic rings. The second-order valence-corrected chi connectivity index (χ2v) is 7.27. The van der Waals surface area contributed by atoms with Crippen LogP contribution in [0.15, 0.2) is 47.4 Å². The number of carbonyl (C=O) groups is 2. The van der Waals surface area contributed by atoms with Crippen LogP contribution in [-0.4, -0.2) is 36.1 Å². The number of nitrogens with zero attached hydrogens (tertiary/aromatic N) is 1. The van der Waals surface area contributed by atoms with Crippen molar-refractivity contribution in [3.05, 3.63) is 58.6 Å². The number of halogens is 1. The SMILES string of the molecule is Cc1ccc(SCC(=O)N(C)CC(=O)Nc2ccccc2Cl)cc1C. The van der Waals surface area contributed by atoms with Crippen molar-refractivity contribution in [3.8, 4) is 0 Å². The normalized spacial score (nSPS) is 10.4. The van der Waals surface area contributed by atoms with Gasteiger partial charge in [-0.3, -0.25) is 9.59 Å². The van der Waals surface area contributed by atoms with Gasteiger partial charge in [0.25, 0.3) is 0 Å². The maximum absolute atomic E-state index is 12.2. The molecule has 25 heavy (non-hydrogen) atoms. The number of hydrogen-bond acceptors (Lipinski definition) is 3. The first-order valence-corrected chi connectivity index (χ1v) is 9.21. The highest BCUT2D eigenvalue weighted by Crippen LogP contribution is 2.22. The minimum atomic E-state index is -0.278. The summed E-state index contributed by atoms with van der Waals surface area (Å²) in [6.07, 6.45) is 0. The van der Waals surface area contributed by atoms with Crippen molar-refractivity contribution < 1.29 is 9.59 Å². The Bertz CT molecular complexity index is 780. The molecule has 4 nitrogen and oxygen atoms in total. The zero-order chi connectivity index (χ0) is 18.4. The van der Waals surface area contributed by atoms with Crippen molar-refractivity contribution in [3.63, 3.8) is 0 Å². The molecule has 0 aliphatic carbocycles. The lowest BCUT2D eigenvalue weighted by Gasteiger charge is -2.17. The van der Waals surface area contributed by atoms with E-state index in [1.54, 1.807) is 31.3 Å². The molecule has 6 heteroatoms. The Labute approximate surface area is 157 Å². The van der Waals surface area contributed by atoms with E-state index in [-0.39, 0.29) is 18.4 Å². The number of rotatable bonds is 6. The number of nitrogens with one attached hydrogen (secondary N) is 1. The molecule has 0 aromatic heterocycles. The van der Waals surface area contributed by atoms with E-state index in [1.807, 2.05) is 19.1 Å². The second-order valence-electron chi connectivity index (χ2n) is 5.81. The van der Waals surface area contributed by atoms with Gasteiger partial charge in [-0.2, -0.15) is 0 Å². The van der Waals surface area contributed by atoms with Crippen LogP contribution in [0.4, 0.5) is 5.69 Å². The van der Waals surface area contributed by atoms with Crippen LogP contribution < -0.4 is 5.32 Å². The predicted octanol–water partition coefficient (Wildman–Crippen LogP) is 4.15. The Balaban J connectivity index is 1.84. The third-order valence-corrected chi connectivity index (χ3v) is 5.10. The van der Waals surface area contributed by atoms with Gasteiger partial charge in [0.2, 0.25) is 11.8 Å². The maximum atomic E-state index is 12.2. The molecular formula is C19H21ClN2O2S. The summed E-state index contributed by atoms with van der Waals surface area (Å²) >= 11 is 7.48. The summed E-state index contributed by atoms with van der Waals surface area (Å²) in [5, 5.41) is 3.18. The first-order valence-electron chi connectivity index (χ1n) is 7.85. The van der Waals surface area contributed by atoms with Crippen molar-refractivity contribution in [1.82, 2.24) is 4.90 Å². The van der Waals surface area contributed by atoms with Crippen LogP contribution in [0.2, 0.25) is 5.02 Å². The molecule has 0 saturated carbocycles. The van der Waals surface area contributed by atoms with Gasteiger partial charge in [-0.25, -0.2) is 0 Å². The standard InChI is InChI=1S/C19H21ClN2O2S/c1-13-8-9-15(10-14(13)2)25-12-19(24)22(3)11-18(23)21-17-7-5-4-6-16(17)20/h4-10H,11-12H2,1-3H3,(H,21,23). The fourth-order valence-corrected chi connectivity index (χ4v) is 3.23. The summed E-state index contributed by atoms with van der Waals surface area (Å²) < 4.78 is 0. The first kappa shape index (κ1) is 19.3. The van der Waals surface area contributed by atoms with E-state index in [9.17, 15) is 9.59 Å². The molecule has 0 unspecified atom stereocenters. The molecule has 2 amide bonds. The first-order chi connectivity index (χ1) is 11.9. The smallest absolute Gasteiger partial charge is 0.244 e. The van der Waals surface area contributed by atoms with E-state index in [2.05, 4.69) is 18.3 Å². The number of thioether (sulfide) groups is 1. The topological polar surface area (TPSA) is 49.4 Å². The van der Waals surface area contributed by atoms with Crippen LogP contribution in [0, 0.1) is 13.8 Å². The van der Waals surface area contributed by atoms with Crippen molar-refractivity contribution in [2.24, 2.45) is 0 Å². The molecule has 1 N–H and O–H groups in total. The molecule has 0 radical (unpaired) electrons. The average molecular weight is 377 g/mol. The van der Waals surface area contributed by atoms with Crippen LogP contribution >= 0.6 is 23.4 Å². The third-order valence-electron chi connectivity index (χ3n) is 3.80. The molecule has 2 aromatic carbocycles. The molecule has 0 spiro atoms. The van der Waals surface area contributed by atoms with Gasteiger partial charge in [0.05, 0.1) is 23.0 Å². The molecule has 0 fully saturated rings. The fraction of sp³-hybridized carbons (Fsp3) is 0.263. The largest absolute Gasteiger partial charge is 0.336 e. The van der Waals surface area contributed by atoms with Crippen molar-refractivity contribution in [1.29, 1.82) is 0 Å². The molecule has 0 aliphatic rings. The monoisotopic (exact) mass is 376 g/mol. The zero-order valence-electron chi connectivity index (χ0n) is 14.5. The molecule has 0 aliphatic heterocycles. The highest BCUT2D eigenvalue weighted by molar-refractivity contribution is 8.00. The van der Waals surface area contributed by atoms with Crippen molar-refractivity contribution >= 4 is 40.9 Å². The summed E-state index contributed by atoms with van der Waals surface area (Å²) in [6, 6.07) is 13.1. The molecule has 132 valence electrons. The van der Waals surface area contributed by atoms with Crippen LogP contribution in [0.5, 0.6) is 0 Å². The molecule has 0 atom stereocenters. The van der Waals surface area contributed by atoms with Gasteiger partial charge in [-0.1, -0.05) is 29.8 Å². The maximum Gasteiger partial charge on any atom is 0.244 e. The number of para-hydroxylation sites is 1. The summed E-state index contributed by atoms with van der Waals surface area (Å²) in [4.78, 5) is 26.8. The molecule has 0 bridgehead atoms. The average Bonchev–Trinajstić information content (AvgIpc) is 2.57. The number of carbonyl (C=O) groups excluding carboxylic acids is 2. The third kappa shape index (κ3) is 5.80. The van der Waals surface area contributed by atoms with Gasteiger partial charge in [-0.05, 0) is 49.2 Å². The Hall–Kier alpha value is -1.98. The second kappa shape index (κ2) is 8.92. The lowest BCUT2D eigenvalue weighted by molar-refractivity contribution is -0.131. The van der Waals surface area contributed by atoms with Gasteiger partial charge in [-0.15, -0.1) is 11.8 Å². The van der Waals surface area contributed by atoms with E-state index in [4.69, 9.17) is 11.6 Å². The molecular weight excluding hydrogens is 356 g/mol. The van der Waals surface area contributed by atoms with Crippen molar-refractivity contribution in [2.75, 3.05) is 24.7 Å². The van der Waals surface area contributed by atoms with E-state index < -0.39 is 0 Å². The highest BCUT2D eigenvalue weighted by Gasteiger charge is 2.14. The van der Waals surface area contributed by atoms with Crippen LogP contribution in [-0.2, 0) is 9.59 Å². The Morgan fingerprint density at radius 1 is 1.12 bits per heavy atom. The van der Waals surface area contributed by atoms with Gasteiger partial charge < -0.3 is 10.2 Å². The summed E-state index contributed by atoms with van der Waals surface area (Å²) in [5.74, 6) is -0.0871. The quantitative estimate of drug-likeness (QED) is 0.770. The van der Waals surface area contributed by atoms with Gasteiger partial charge in [0.1, 0.15) is 0 Å². The van der Waals surface area contributed by atoms with Crippen LogP contribution in [0.3, 0.4) is 0 Å². The summed E-state index contributed by atoms with van der Waals surface area (Å²) in [5.41, 5.74) is 2.97. The van der Waals surface area contributed by atoms with E-state index in [0.717, 1.165) is 4.90 Å². The Kier molecular flexibility index (Phi) is 6.91. The molecule has 2 rings (SSSR count). The number of anilines is 1. The Morgan fingerprint density at radius 3 is 2.52 bits per heavy atom. The van der Waals surface area contributed by atoms with E-state index >= 15 is 0 Å². The molecule has 0 saturated heterocycles. The highest BCUT2D eigenvalue weighted by atomic mass is 35.5. The fourth-order valence-electron chi connectivity index (χ4n) is 2.11. The number of amides is 2. The van der Waals surface area contributed by atoms with Gasteiger partial charge in [0.15, 0.2) is 0 Å². The zero-order valence-corrected chi connectivity index (χ0v) is 16.1. The Morgan fingerprint density at radius 2 is 1.84 bits per heavy atom. The predicted molar refractivity (Wildman–Crippen MR) is 104 cm³/mol. The summed E-state index contributed by atoms with van der Waals surface area (Å²) in [6.45, 7) is 4.09. The minimum absolute atomic E-state index is 0.0163. The van der Waals surface area contributed by atoms with E-state index in [0.29, 0.717) is 16.5 Å².